The molecule has 0 amide bonds. The van der Waals surface area contributed by atoms with Crippen LogP contribution >= 0.6 is 0 Å². The maximum atomic E-state index is 9.75. The number of piperidine rings is 1. The molecular formula is C23H26N4O. The zero-order chi connectivity index (χ0) is 18.9. The van der Waals surface area contributed by atoms with Gasteiger partial charge in [-0.15, -0.1) is 0 Å². The van der Waals surface area contributed by atoms with Gasteiger partial charge in [-0.25, -0.2) is 9.97 Å². The molecule has 2 fully saturated rings. The third-order valence-electron chi connectivity index (χ3n) is 6.15. The van der Waals surface area contributed by atoms with Gasteiger partial charge >= 0.3 is 0 Å². The number of aliphatic hydroxyl groups excluding tert-OH is 1. The van der Waals surface area contributed by atoms with Gasteiger partial charge in [-0.3, -0.25) is 4.90 Å². The number of hydrogen-bond donors (Lipinski definition) is 1. The van der Waals surface area contributed by atoms with Crippen molar-refractivity contribution >= 4 is 16.7 Å². The zero-order valence-electron chi connectivity index (χ0n) is 16.0. The first-order valence-electron chi connectivity index (χ1n) is 10.3. The van der Waals surface area contributed by atoms with Crippen molar-refractivity contribution in [2.24, 2.45) is 0 Å². The normalized spacial score (nSPS) is 21.5. The largest absolute Gasteiger partial charge is 0.393 e. The highest BCUT2D eigenvalue weighted by atomic mass is 16.3. The molecule has 2 saturated heterocycles. The molecule has 1 N–H and O–H groups in total. The Kier molecular flexibility index (Phi) is 4.71. The van der Waals surface area contributed by atoms with E-state index in [2.05, 4.69) is 57.2 Å². The number of fused-ring (bicyclic) bond motifs is 1. The lowest BCUT2D eigenvalue weighted by atomic mass is 10.1. The average molecular weight is 374 g/mol. The Morgan fingerprint density at radius 1 is 0.893 bits per heavy atom. The standard InChI is InChI=1S/C23H26N4O/c28-21-9-13-26(14-10-21)20-8-12-27(16-20)23-24-11-7-22(25-23)19-6-5-17-3-1-2-4-18(17)15-19/h1-7,11,15,20-21,28H,8-10,12-14,16H2/t20-/m1/s1. The predicted molar refractivity (Wildman–Crippen MR) is 112 cm³/mol. The van der Waals surface area contributed by atoms with E-state index >= 15 is 0 Å². The molecule has 3 aromatic rings. The highest BCUT2D eigenvalue weighted by Gasteiger charge is 2.31. The van der Waals surface area contributed by atoms with Crippen LogP contribution in [0, 0.1) is 0 Å². The van der Waals surface area contributed by atoms with Crippen LogP contribution in [0.4, 0.5) is 5.95 Å². The minimum atomic E-state index is -0.115. The number of anilines is 1. The van der Waals surface area contributed by atoms with Gasteiger partial charge in [0.1, 0.15) is 0 Å². The summed E-state index contributed by atoms with van der Waals surface area (Å²) in [6.45, 7) is 3.96. The fourth-order valence-corrected chi connectivity index (χ4v) is 4.48. The summed E-state index contributed by atoms with van der Waals surface area (Å²) in [5.74, 6) is 0.824. The summed E-state index contributed by atoms with van der Waals surface area (Å²) in [6, 6.07) is 17.4. The molecule has 0 saturated carbocycles. The van der Waals surface area contributed by atoms with E-state index in [4.69, 9.17) is 4.98 Å². The van der Waals surface area contributed by atoms with Crippen molar-refractivity contribution in [2.75, 3.05) is 31.1 Å². The van der Waals surface area contributed by atoms with Crippen molar-refractivity contribution in [3.63, 3.8) is 0 Å². The molecule has 0 unspecified atom stereocenters. The Hall–Kier alpha value is -2.50. The second kappa shape index (κ2) is 7.49. The van der Waals surface area contributed by atoms with Crippen LogP contribution in [0.2, 0.25) is 0 Å². The Balaban J connectivity index is 1.34. The molecular weight excluding hydrogens is 348 g/mol. The lowest BCUT2D eigenvalue weighted by Gasteiger charge is -2.34. The van der Waals surface area contributed by atoms with Gasteiger partial charge in [-0.2, -0.15) is 0 Å². The second-order valence-corrected chi connectivity index (χ2v) is 7.96. The monoisotopic (exact) mass is 374 g/mol. The van der Waals surface area contributed by atoms with E-state index in [0.717, 1.165) is 62.6 Å². The van der Waals surface area contributed by atoms with Gasteiger partial charge in [-0.05, 0) is 42.2 Å². The number of nitrogens with zero attached hydrogens (tertiary/aromatic N) is 4. The topological polar surface area (TPSA) is 52.5 Å². The molecule has 0 radical (unpaired) electrons. The molecule has 1 atom stereocenters. The molecule has 28 heavy (non-hydrogen) atoms. The molecule has 5 rings (SSSR count). The first-order valence-corrected chi connectivity index (χ1v) is 10.3. The first kappa shape index (κ1) is 17.6. The Labute approximate surface area is 165 Å². The van der Waals surface area contributed by atoms with Crippen molar-refractivity contribution < 1.29 is 5.11 Å². The van der Waals surface area contributed by atoms with E-state index in [1.807, 2.05) is 12.3 Å². The molecule has 5 heteroatoms. The predicted octanol–water partition coefficient (Wildman–Crippen LogP) is 3.33. The Bertz CT molecular complexity index is 967. The van der Waals surface area contributed by atoms with E-state index in [1.165, 1.54) is 10.8 Å². The quantitative estimate of drug-likeness (QED) is 0.762. The van der Waals surface area contributed by atoms with Crippen molar-refractivity contribution in [1.29, 1.82) is 0 Å². The molecule has 1 aromatic heterocycles. The van der Waals surface area contributed by atoms with Gasteiger partial charge in [0, 0.05) is 44.0 Å². The van der Waals surface area contributed by atoms with E-state index in [-0.39, 0.29) is 6.10 Å². The van der Waals surface area contributed by atoms with Gasteiger partial charge in [0.15, 0.2) is 0 Å². The van der Waals surface area contributed by atoms with Crippen LogP contribution in [0.25, 0.3) is 22.0 Å². The third-order valence-corrected chi connectivity index (χ3v) is 6.15. The first-order chi connectivity index (χ1) is 13.8. The van der Waals surface area contributed by atoms with Crippen LogP contribution in [0.15, 0.2) is 54.7 Å². The van der Waals surface area contributed by atoms with Crippen LogP contribution in [-0.2, 0) is 0 Å². The molecule has 144 valence electrons. The minimum absolute atomic E-state index is 0.115. The van der Waals surface area contributed by atoms with Crippen LogP contribution in [0.5, 0.6) is 0 Å². The van der Waals surface area contributed by atoms with Crippen molar-refractivity contribution in [1.82, 2.24) is 14.9 Å². The van der Waals surface area contributed by atoms with Gasteiger partial charge in [0.25, 0.3) is 0 Å². The Morgan fingerprint density at radius 2 is 1.71 bits per heavy atom. The van der Waals surface area contributed by atoms with Gasteiger partial charge in [0.2, 0.25) is 5.95 Å². The number of hydrogen-bond acceptors (Lipinski definition) is 5. The van der Waals surface area contributed by atoms with Crippen LogP contribution < -0.4 is 4.90 Å². The highest BCUT2D eigenvalue weighted by molar-refractivity contribution is 5.86. The van der Waals surface area contributed by atoms with Gasteiger partial charge in [-0.1, -0.05) is 36.4 Å². The SMILES string of the molecule is OC1CCN([C@@H]2CCN(c3nccc(-c4ccc5ccccc5c4)n3)C2)CC1. The van der Waals surface area contributed by atoms with E-state index < -0.39 is 0 Å². The number of aromatic nitrogens is 2. The van der Waals surface area contributed by atoms with Crippen LogP contribution in [-0.4, -0.2) is 58.3 Å². The fraction of sp³-hybridized carbons (Fsp3) is 0.391. The maximum absolute atomic E-state index is 9.75. The average Bonchev–Trinajstić information content (AvgIpc) is 3.24. The summed E-state index contributed by atoms with van der Waals surface area (Å²) in [5, 5.41) is 12.2. The number of rotatable bonds is 3. The van der Waals surface area contributed by atoms with Gasteiger partial charge < -0.3 is 10.0 Å². The van der Waals surface area contributed by atoms with E-state index in [0.29, 0.717) is 6.04 Å². The van der Waals surface area contributed by atoms with Crippen molar-refractivity contribution in [2.45, 2.75) is 31.4 Å². The summed E-state index contributed by atoms with van der Waals surface area (Å²) in [6.07, 6.45) is 4.68. The fourth-order valence-electron chi connectivity index (χ4n) is 4.48. The molecule has 0 aliphatic carbocycles. The maximum Gasteiger partial charge on any atom is 0.225 e. The second-order valence-electron chi connectivity index (χ2n) is 7.96. The summed E-state index contributed by atoms with van der Waals surface area (Å²) < 4.78 is 0. The van der Waals surface area contributed by atoms with Crippen molar-refractivity contribution in [3.8, 4) is 11.3 Å². The highest BCUT2D eigenvalue weighted by Crippen LogP contribution is 2.26. The summed E-state index contributed by atoms with van der Waals surface area (Å²) >= 11 is 0. The number of likely N-dealkylation sites (tertiary alicyclic amines) is 1. The minimum Gasteiger partial charge on any atom is -0.393 e. The molecule has 2 aliphatic heterocycles. The smallest absolute Gasteiger partial charge is 0.225 e. The summed E-state index contributed by atoms with van der Waals surface area (Å²) in [7, 11) is 0. The van der Waals surface area contributed by atoms with Crippen LogP contribution in [0.1, 0.15) is 19.3 Å². The molecule has 0 spiro atoms. The summed E-state index contributed by atoms with van der Waals surface area (Å²) in [4.78, 5) is 14.3. The van der Waals surface area contributed by atoms with E-state index in [1.54, 1.807) is 0 Å². The zero-order valence-corrected chi connectivity index (χ0v) is 16.0. The number of benzene rings is 2. The van der Waals surface area contributed by atoms with Crippen LogP contribution in [0.3, 0.4) is 0 Å². The molecule has 3 heterocycles. The molecule has 2 aromatic carbocycles. The van der Waals surface area contributed by atoms with E-state index in [9.17, 15) is 5.11 Å². The molecule has 0 bridgehead atoms. The van der Waals surface area contributed by atoms with Gasteiger partial charge in [0.05, 0.1) is 11.8 Å². The Morgan fingerprint density at radius 3 is 2.57 bits per heavy atom. The number of aliphatic hydroxyl groups is 1. The summed E-state index contributed by atoms with van der Waals surface area (Å²) in [5.41, 5.74) is 2.10. The molecule has 5 nitrogen and oxygen atoms in total. The lowest BCUT2D eigenvalue weighted by molar-refractivity contribution is 0.0653. The molecule has 2 aliphatic rings. The third kappa shape index (κ3) is 3.48. The lowest BCUT2D eigenvalue weighted by Crippen LogP contribution is -2.44. The van der Waals surface area contributed by atoms with Crippen molar-refractivity contribution in [3.05, 3.63) is 54.7 Å².